The van der Waals surface area contributed by atoms with Crippen LogP contribution >= 0.6 is 0 Å². The lowest BCUT2D eigenvalue weighted by atomic mass is 9.87. The van der Waals surface area contributed by atoms with Crippen LogP contribution in [-0.4, -0.2) is 0 Å². The van der Waals surface area contributed by atoms with Crippen LogP contribution in [0.25, 0.3) is 39.1 Å². The molecule has 0 aromatic heterocycles. The van der Waals surface area contributed by atoms with Crippen molar-refractivity contribution in [2.45, 2.75) is 0 Å². The standard InChI is InChI=1S/C32H19N3/c33-20-23(21-34)19-22-13-15-24(16-14-22)26-17-18-31-32-28(26)10-6-11-29(32)27-9-4-5-12-30(27)35(31)25-7-2-1-3-8-25/h1-19H. The molecule has 0 amide bonds. The Morgan fingerprint density at radius 2 is 1.31 bits per heavy atom. The maximum atomic E-state index is 9.05. The first-order chi connectivity index (χ1) is 17.3. The van der Waals surface area contributed by atoms with Crippen molar-refractivity contribution in [2.75, 3.05) is 4.90 Å². The van der Waals surface area contributed by atoms with Gasteiger partial charge in [-0.3, -0.25) is 0 Å². The minimum Gasteiger partial charge on any atom is -0.309 e. The Morgan fingerprint density at radius 3 is 2.09 bits per heavy atom. The van der Waals surface area contributed by atoms with Crippen LogP contribution in [0.3, 0.4) is 0 Å². The summed E-state index contributed by atoms with van der Waals surface area (Å²) in [7, 11) is 0. The minimum absolute atomic E-state index is 0.0963. The van der Waals surface area contributed by atoms with E-state index in [1.165, 1.54) is 27.6 Å². The van der Waals surface area contributed by atoms with Gasteiger partial charge in [-0.1, -0.05) is 84.9 Å². The van der Waals surface area contributed by atoms with Crippen molar-refractivity contribution in [1.82, 2.24) is 0 Å². The summed E-state index contributed by atoms with van der Waals surface area (Å²) in [6.07, 6.45) is 1.61. The average molecular weight is 446 g/mol. The van der Waals surface area contributed by atoms with Gasteiger partial charge in [0.05, 0.1) is 11.4 Å². The molecule has 5 aromatic rings. The molecule has 5 aromatic carbocycles. The van der Waals surface area contributed by atoms with Crippen LogP contribution in [0.2, 0.25) is 0 Å². The van der Waals surface area contributed by atoms with Crippen LogP contribution in [-0.2, 0) is 0 Å². The van der Waals surface area contributed by atoms with E-state index < -0.39 is 0 Å². The highest BCUT2D eigenvalue weighted by Gasteiger charge is 2.26. The number of allylic oxidation sites excluding steroid dienone is 1. The fraction of sp³-hybridized carbons (Fsp3) is 0. The maximum Gasteiger partial charge on any atom is 0.130 e. The Morgan fingerprint density at radius 1 is 0.600 bits per heavy atom. The molecule has 0 fully saturated rings. The first kappa shape index (κ1) is 20.5. The third-order valence-electron chi connectivity index (χ3n) is 6.48. The number of hydrogen-bond donors (Lipinski definition) is 0. The zero-order valence-corrected chi connectivity index (χ0v) is 18.8. The Hall–Kier alpha value is -5.12. The van der Waals surface area contributed by atoms with Crippen molar-refractivity contribution in [2.24, 2.45) is 0 Å². The van der Waals surface area contributed by atoms with Crippen molar-refractivity contribution in [3.63, 3.8) is 0 Å². The summed E-state index contributed by atoms with van der Waals surface area (Å²) < 4.78 is 0. The SMILES string of the molecule is N#CC(C#N)=Cc1ccc(-c2ccc3c4c(cccc24)-c2ccccc2N3c2ccccc2)cc1. The van der Waals surface area contributed by atoms with Gasteiger partial charge in [0.1, 0.15) is 17.7 Å². The normalized spacial score (nSPS) is 11.3. The molecular weight excluding hydrogens is 426 g/mol. The molecule has 162 valence electrons. The maximum absolute atomic E-state index is 9.05. The van der Waals surface area contributed by atoms with E-state index in [0.29, 0.717) is 0 Å². The summed E-state index contributed by atoms with van der Waals surface area (Å²) in [6.45, 7) is 0. The molecule has 0 saturated heterocycles. The second-order valence-electron chi connectivity index (χ2n) is 8.45. The van der Waals surface area contributed by atoms with Crippen LogP contribution < -0.4 is 4.90 Å². The van der Waals surface area contributed by atoms with Crippen molar-refractivity contribution in [1.29, 1.82) is 10.5 Å². The predicted molar refractivity (Wildman–Crippen MR) is 142 cm³/mol. The van der Waals surface area contributed by atoms with E-state index >= 15 is 0 Å². The number of benzene rings is 5. The lowest BCUT2D eigenvalue weighted by Crippen LogP contribution is -2.15. The number of nitriles is 2. The van der Waals surface area contributed by atoms with Gasteiger partial charge in [0, 0.05) is 16.6 Å². The molecule has 0 atom stereocenters. The highest BCUT2D eigenvalue weighted by Crippen LogP contribution is 2.52. The van der Waals surface area contributed by atoms with E-state index in [1.54, 1.807) is 6.08 Å². The lowest BCUT2D eigenvalue weighted by Gasteiger charge is -2.34. The van der Waals surface area contributed by atoms with Gasteiger partial charge >= 0.3 is 0 Å². The van der Waals surface area contributed by atoms with E-state index in [2.05, 4.69) is 83.8 Å². The topological polar surface area (TPSA) is 50.8 Å². The fourth-order valence-electron chi connectivity index (χ4n) is 4.95. The molecule has 0 bridgehead atoms. The quantitative estimate of drug-likeness (QED) is 0.257. The number of hydrogen-bond acceptors (Lipinski definition) is 3. The minimum atomic E-state index is 0.0963. The number of rotatable bonds is 3. The zero-order valence-electron chi connectivity index (χ0n) is 18.8. The Kier molecular flexibility index (Phi) is 4.88. The molecule has 3 nitrogen and oxygen atoms in total. The molecule has 1 aliphatic rings. The largest absolute Gasteiger partial charge is 0.309 e. The van der Waals surface area contributed by atoms with Crippen molar-refractivity contribution < 1.29 is 0 Å². The second kappa shape index (κ2) is 8.34. The van der Waals surface area contributed by atoms with Crippen molar-refractivity contribution in [3.05, 3.63) is 120 Å². The molecule has 1 heterocycles. The van der Waals surface area contributed by atoms with Crippen LogP contribution in [0, 0.1) is 22.7 Å². The van der Waals surface area contributed by atoms with E-state index in [-0.39, 0.29) is 5.57 Å². The third kappa shape index (κ3) is 3.35. The first-order valence-electron chi connectivity index (χ1n) is 11.4. The molecular formula is C32H19N3. The average Bonchev–Trinajstić information content (AvgIpc) is 2.93. The summed E-state index contributed by atoms with van der Waals surface area (Å²) >= 11 is 0. The summed E-state index contributed by atoms with van der Waals surface area (Å²) in [5, 5.41) is 20.5. The molecule has 0 aliphatic carbocycles. The molecule has 0 spiro atoms. The van der Waals surface area contributed by atoms with Crippen molar-refractivity contribution in [3.8, 4) is 34.4 Å². The summed E-state index contributed by atoms with van der Waals surface area (Å²) in [6, 6.07) is 41.8. The summed E-state index contributed by atoms with van der Waals surface area (Å²) in [5.74, 6) is 0. The van der Waals surface area contributed by atoms with Gasteiger partial charge in [0.25, 0.3) is 0 Å². The van der Waals surface area contributed by atoms with Crippen LogP contribution in [0.5, 0.6) is 0 Å². The van der Waals surface area contributed by atoms with E-state index in [0.717, 1.165) is 28.1 Å². The number of nitrogens with zero attached hydrogens (tertiary/aromatic N) is 3. The molecule has 0 saturated carbocycles. The van der Waals surface area contributed by atoms with Crippen molar-refractivity contribution >= 4 is 33.9 Å². The highest BCUT2D eigenvalue weighted by atomic mass is 15.2. The third-order valence-corrected chi connectivity index (χ3v) is 6.48. The Labute approximate surface area is 204 Å². The van der Waals surface area contributed by atoms with Gasteiger partial charge in [-0.25, -0.2) is 0 Å². The van der Waals surface area contributed by atoms with Gasteiger partial charge in [-0.15, -0.1) is 0 Å². The zero-order chi connectivity index (χ0) is 23.8. The number of anilines is 3. The van der Waals surface area contributed by atoms with Gasteiger partial charge in [-0.2, -0.15) is 10.5 Å². The Balaban J connectivity index is 1.57. The van der Waals surface area contributed by atoms with E-state index in [1.807, 2.05) is 42.5 Å². The Bertz CT molecular complexity index is 1680. The van der Waals surface area contributed by atoms with E-state index in [4.69, 9.17) is 10.5 Å². The molecule has 0 radical (unpaired) electrons. The number of para-hydroxylation sites is 2. The lowest BCUT2D eigenvalue weighted by molar-refractivity contribution is 1.28. The van der Waals surface area contributed by atoms with Gasteiger partial charge in [0.15, 0.2) is 0 Å². The van der Waals surface area contributed by atoms with E-state index in [9.17, 15) is 0 Å². The van der Waals surface area contributed by atoms with Gasteiger partial charge in [-0.05, 0) is 58.0 Å². The first-order valence-corrected chi connectivity index (χ1v) is 11.4. The fourth-order valence-corrected chi connectivity index (χ4v) is 4.95. The monoisotopic (exact) mass is 445 g/mol. The summed E-state index contributed by atoms with van der Waals surface area (Å²) in [5.41, 5.74) is 9.08. The summed E-state index contributed by atoms with van der Waals surface area (Å²) in [4.78, 5) is 2.34. The molecule has 1 aliphatic heterocycles. The van der Waals surface area contributed by atoms with Crippen LogP contribution in [0.15, 0.2) is 115 Å². The predicted octanol–water partition coefficient (Wildman–Crippen LogP) is 8.39. The van der Waals surface area contributed by atoms with Crippen LogP contribution in [0.4, 0.5) is 17.1 Å². The van der Waals surface area contributed by atoms with Gasteiger partial charge in [0.2, 0.25) is 0 Å². The van der Waals surface area contributed by atoms with Crippen LogP contribution in [0.1, 0.15) is 5.56 Å². The molecule has 3 heteroatoms. The molecule has 6 rings (SSSR count). The smallest absolute Gasteiger partial charge is 0.130 e. The van der Waals surface area contributed by atoms with Gasteiger partial charge < -0.3 is 4.90 Å². The molecule has 35 heavy (non-hydrogen) atoms. The molecule has 0 unspecified atom stereocenters. The number of fused-ring (bicyclic) bond motifs is 2. The second-order valence-corrected chi connectivity index (χ2v) is 8.45. The highest BCUT2D eigenvalue weighted by molar-refractivity contribution is 6.17. The molecule has 0 N–H and O–H groups in total.